The average Bonchev–Trinajstić information content (AvgIpc) is 3.05. The normalized spacial score (nSPS) is 15.2. The summed E-state index contributed by atoms with van der Waals surface area (Å²) >= 11 is 0. The number of rotatable bonds is 21. The van der Waals surface area contributed by atoms with Gasteiger partial charge in [0.05, 0.1) is 6.42 Å². The van der Waals surface area contributed by atoms with Crippen LogP contribution in [0.1, 0.15) is 109 Å². The predicted octanol–water partition coefficient (Wildman–Crippen LogP) is 5.95. The Morgan fingerprint density at radius 1 is 0.783 bits per heavy atom. The van der Waals surface area contributed by atoms with E-state index in [1.54, 1.807) is 0 Å². The zero-order valence-corrected chi connectivity index (χ0v) is 28.2. The highest BCUT2D eigenvalue weighted by Crippen LogP contribution is 2.29. The number of aliphatic carboxylic acids is 1. The second kappa shape index (κ2) is 20.4. The van der Waals surface area contributed by atoms with Crippen molar-refractivity contribution >= 4 is 23.8 Å². The van der Waals surface area contributed by atoms with Crippen LogP contribution < -0.4 is 16.4 Å². The molecule has 5 N–H and O–H groups in total. The quantitative estimate of drug-likeness (QED) is 0.0976. The number of esters is 1. The van der Waals surface area contributed by atoms with Gasteiger partial charge in [-0.05, 0) is 36.3 Å². The standard InChI is InChI=1S/C37H55N3O6/c1-6-8-9-10-11-14-19-26(4)30(46-37(45)33(38)25(3)7-2)24-31(41)40-34(35(42)39-27(5)36(43)44)32(28-20-15-12-16-21-28)29-22-17-13-18-23-29/h12-13,15-18,20-23,25-27,30,32-34H,6-11,14,19,24,38H2,1-5H3,(H,39,42)(H,40,41)(H,43,44)/t25-,26-,27+,30-,33+,34-/m0/s1. The maximum atomic E-state index is 13.8. The molecule has 2 aromatic carbocycles. The van der Waals surface area contributed by atoms with Crippen LogP contribution in [0.25, 0.3) is 0 Å². The molecule has 2 amide bonds. The monoisotopic (exact) mass is 637 g/mol. The molecule has 2 aromatic rings. The Kier molecular flexibility index (Phi) is 17.1. The number of carbonyl (C=O) groups excluding carboxylic acids is 3. The molecule has 0 heterocycles. The van der Waals surface area contributed by atoms with Crippen LogP contribution in [-0.4, -0.2) is 53.1 Å². The summed E-state index contributed by atoms with van der Waals surface area (Å²) in [5.74, 6) is -3.67. The molecule has 9 nitrogen and oxygen atoms in total. The third-order valence-corrected chi connectivity index (χ3v) is 8.81. The van der Waals surface area contributed by atoms with E-state index in [-0.39, 0.29) is 18.3 Å². The van der Waals surface area contributed by atoms with Crippen LogP contribution >= 0.6 is 0 Å². The van der Waals surface area contributed by atoms with Crippen LogP contribution in [-0.2, 0) is 23.9 Å². The molecular formula is C37H55N3O6. The molecule has 0 spiro atoms. The molecule has 9 heteroatoms. The van der Waals surface area contributed by atoms with E-state index in [0.29, 0.717) is 6.42 Å². The number of hydrogen-bond donors (Lipinski definition) is 4. The van der Waals surface area contributed by atoms with E-state index in [0.717, 1.165) is 36.8 Å². The number of unbranched alkanes of at least 4 members (excludes halogenated alkanes) is 5. The number of amides is 2. The fourth-order valence-corrected chi connectivity index (χ4v) is 5.48. The van der Waals surface area contributed by atoms with E-state index in [9.17, 15) is 24.3 Å². The van der Waals surface area contributed by atoms with Crippen LogP contribution in [0.15, 0.2) is 60.7 Å². The van der Waals surface area contributed by atoms with Crippen molar-refractivity contribution in [2.75, 3.05) is 0 Å². The molecule has 0 saturated heterocycles. The fraction of sp³-hybridized carbons (Fsp3) is 0.568. The Morgan fingerprint density at radius 2 is 1.33 bits per heavy atom. The second-order valence-corrected chi connectivity index (χ2v) is 12.5. The van der Waals surface area contributed by atoms with E-state index in [1.165, 1.54) is 26.2 Å². The first kappa shape index (κ1) is 38.5. The Labute approximate surface area is 275 Å². The van der Waals surface area contributed by atoms with Gasteiger partial charge in [0.25, 0.3) is 0 Å². The highest BCUT2D eigenvalue weighted by molar-refractivity contribution is 5.91. The first-order valence-corrected chi connectivity index (χ1v) is 16.9. The molecule has 0 aliphatic heterocycles. The summed E-state index contributed by atoms with van der Waals surface area (Å²) in [6.45, 7) is 9.37. The first-order chi connectivity index (χ1) is 22.0. The number of nitrogens with one attached hydrogen (secondary N) is 2. The van der Waals surface area contributed by atoms with E-state index >= 15 is 0 Å². The summed E-state index contributed by atoms with van der Waals surface area (Å²) in [6, 6.07) is 15.5. The molecular weight excluding hydrogens is 582 g/mol. The number of benzene rings is 2. The molecule has 6 atom stereocenters. The first-order valence-electron chi connectivity index (χ1n) is 16.9. The number of carbonyl (C=O) groups is 4. The van der Waals surface area contributed by atoms with Crippen LogP contribution in [0.5, 0.6) is 0 Å². The Bertz CT molecular complexity index is 1170. The summed E-state index contributed by atoms with van der Waals surface area (Å²) in [5, 5.41) is 14.9. The zero-order valence-electron chi connectivity index (χ0n) is 28.2. The lowest BCUT2D eigenvalue weighted by Gasteiger charge is -2.31. The summed E-state index contributed by atoms with van der Waals surface area (Å²) in [7, 11) is 0. The predicted molar refractivity (Wildman–Crippen MR) is 181 cm³/mol. The smallest absolute Gasteiger partial charge is 0.325 e. The fourth-order valence-electron chi connectivity index (χ4n) is 5.48. The van der Waals surface area contributed by atoms with Gasteiger partial charge in [0.2, 0.25) is 11.8 Å². The van der Waals surface area contributed by atoms with Crippen LogP contribution in [0, 0.1) is 11.8 Å². The van der Waals surface area contributed by atoms with Crippen molar-refractivity contribution in [1.29, 1.82) is 0 Å². The lowest BCUT2D eigenvalue weighted by atomic mass is 9.84. The third kappa shape index (κ3) is 12.6. The van der Waals surface area contributed by atoms with Crippen molar-refractivity contribution in [3.63, 3.8) is 0 Å². The molecule has 0 aliphatic rings. The van der Waals surface area contributed by atoms with Gasteiger partial charge < -0.3 is 26.2 Å². The summed E-state index contributed by atoms with van der Waals surface area (Å²) in [4.78, 5) is 52.3. The largest absolute Gasteiger partial charge is 0.480 e. The molecule has 2 rings (SSSR count). The van der Waals surface area contributed by atoms with Crippen LogP contribution in [0.2, 0.25) is 0 Å². The summed E-state index contributed by atoms with van der Waals surface area (Å²) in [5.41, 5.74) is 7.75. The molecule has 0 fully saturated rings. The lowest BCUT2D eigenvalue weighted by molar-refractivity contribution is -0.156. The van der Waals surface area contributed by atoms with Crippen molar-refractivity contribution in [2.45, 2.75) is 123 Å². The molecule has 0 radical (unpaired) electrons. The molecule has 0 saturated carbocycles. The third-order valence-electron chi connectivity index (χ3n) is 8.81. The average molecular weight is 638 g/mol. The van der Waals surface area contributed by atoms with Gasteiger partial charge in [0, 0.05) is 5.92 Å². The minimum Gasteiger partial charge on any atom is -0.480 e. The number of ether oxygens (including phenoxy) is 1. The van der Waals surface area contributed by atoms with Crippen LogP contribution in [0.3, 0.4) is 0 Å². The van der Waals surface area contributed by atoms with Gasteiger partial charge in [-0.25, -0.2) is 0 Å². The summed E-state index contributed by atoms with van der Waals surface area (Å²) in [6.07, 6.45) is 7.27. The minimum absolute atomic E-state index is 0.0855. The van der Waals surface area contributed by atoms with Gasteiger partial charge in [-0.15, -0.1) is 0 Å². The van der Waals surface area contributed by atoms with Crippen molar-refractivity contribution in [1.82, 2.24) is 10.6 Å². The van der Waals surface area contributed by atoms with Gasteiger partial charge in [0.1, 0.15) is 24.2 Å². The minimum atomic E-state index is -1.19. The van der Waals surface area contributed by atoms with Crippen molar-refractivity contribution < 1.29 is 29.0 Å². The lowest BCUT2D eigenvalue weighted by Crippen LogP contribution is -2.54. The van der Waals surface area contributed by atoms with Gasteiger partial charge in [-0.3, -0.25) is 19.2 Å². The van der Waals surface area contributed by atoms with Gasteiger partial charge >= 0.3 is 11.9 Å². The van der Waals surface area contributed by atoms with Crippen molar-refractivity contribution in [3.05, 3.63) is 71.8 Å². The highest BCUT2D eigenvalue weighted by atomic mass is 16.5. The van der Waals surface area contributed by atoms with E-state index in [2.05, 4.69) is 17.6 Å². The Morgan fingerprint density at radius 3 is 1.85 bits per heavy atom. The summed E-state index contributed by atoms with van der Waals surface area (Å²) < 4.78 is 5.93. The molecule has 0 aromatic heterocycles. The maximum Gasteiger partial charge on any atom is 0.325 e. The molecule has 46 heavy (non-hydrogen) atoms. The topological polar surface area (TPSA) is 148 Å². The number of hydrogen-bond acceptors (Lipinski definition) is 6. The molecule has 0 unspecified atom stereocenters. The van der Waals surface area contributed by atoms with E-state index < -0.39 is 53.9 Å². The Hall–Kier alpha value is -3.72. The van der Waals surface area contributed by atoms with Gasteiger partial charge in [0.15, 0.2) is 0 Å². The highest BCUT2D eigenvalue weighted by Gasteiger charge is 2.35. The van der Waals surface area contributed by atoms with Crippen molar-refractivity contribution in [2.24, 2.45) is 17.6 Å². The van der Waals surface area contributed by atoms with Crippen LogP contribution in [0.4, 0.5) is 0 Å². The molecule has 254 valence electrons. The Balaban J connectivity index is 2.37. The number of nitrogens with two attached hydrogens (primary N) is 1. The zero-order chi connectivity index (χ0) is 34.1. The van der Waals surface area contributed by atoms with Gasteiger partial charge in [-0.1, -0.05) is 133 Å². The second-order valence-electron chi connectivity index (χ2n) is 12.5. The number of carboxylic acids is 1. The molecule has 0 bridgehead atoms. The maximum absolute atomic E-state index is 13.8. The van der Waals surface area contributed by atoms with E-state index in [4.69, 9.17) is 10.5 Å². The van der Waals surface area contributed by atoms with Gasteiger partial charge in [-0.2, -0.15) is 0 Å². The SMILES string of the molecule is CCCCCCCC[C@H](C)[C@H](CC(=O)N[C@H](C(=O)N[C@H](C)C(=O)O)C(c1ccccc1)c1ccccc1)OC(=O)[C@H](N)[C@@H](C)CC. The molecule has 0 aliphatic carbocycles. The number of carboxylic acid groups (broad SMARTS) is 1. The van der Waals surface area contributed by atoms with Crippen molar-refractivity contribution in [3.8, 4) is 0 Å². The van der Waals surface area contributed by atoms with E-state index in [1.807, 2.05) is 81.4 Å².